The molecule has 33 heavy (non-hydrogen) atoms. The summed E-state index contributed by atoms with van der Waals surface area (Å²) >= 11 is 0. The predicted octanol–water partition coefficient (Wildman–Crippen LogP) is 3.18. The zero-order valence-corrected chi connectivity index (χ0v) is 18.9. The molecule has 0 saturated heterocycles. The largest absolute Gasteiger partial charge is 0.494 e. The van der Waals surface area contributed by atoms with E-state index in [4.69, 9.17) is 4.74 Å². The summed E-state index contributed by atoms with van der Waals surface area (Å²) in [7, 11) is -3.80. The second-order valence-electron chi connectivity index (χ2n) is 7.07. The van der Waals surface area contributed by atoms with Crippen molar-refractivity contribution in [1.29, 1.82) is 0 Å². The molecule has 0 atom stereocenters. The fourth-order valence-electron chi connectivity index (χ4n) is 2.95. The van der Waals surface area contributed by atoms with Gasteiger partial charge in [-0.25, -0.2) is 8.42 Å². The normalized spacial score (nSPS) is 10.8. The third kappa shape index (κ3) is 7.36. The maximum Gasteiger partial charge on any atom is 0.261 e. The van der Waals surface area contributed by atoms with E-state index < -0.39 is 15.9 Å². The van der Waals surface area contributed by atoms with Crippen LogP contribution in [0.5, 0.6) is 5.75 Å². The molecular weight excluding hydrogens is 442 g/mol. The number of benzene rings is 3. The Morgan fingerprint density at radius 2 is 1.45 bits per heavy atom. The second-order valence-corrected chi connectivity index (χ2v) is 8.76. The molecule has 2 amide bonds. The number of sulfonamides is 1. The van der Waals surface area contributed by atoms with Crippen molar-refractivity contribution in [3.63, 3.8) is 0 Å². The van der Waals surface area contributed by atoms with Gasteiger partial charge in [-0.05, 0) is 61.0 Å². The van der Waals surface area contributed by atoms with E-state index in [2.05, 4.69) is 15.4 Å². The van der Waals surface area contributed by atoms with Gasteiger partial charge >= 0.3 is 0 Å². The summed E-state index contributed by atoms with van der Waals surface area (Å²) in [5.41, 5.74) is 1.67. The van der Waals surface area contributed by atoms with Crippen LogP contribution in [0.1, 0.15) is 12.5 Å². The SMILES string of the molecule is CCOc1ccc(NS(=O)(=O)c2ccc(NC(=O)CNC(=O)Cc3ccccc3)cc2)cc1. The lowest BCUT2D eigenvalue weighted by Gasteiger charge is -2.11. The smallest absolute Gasteiger partial charge is 0.261 e. The number of hydrogen-bond donors (Lipinski definition) is 3. The van der Waals surface area contributed by atoms with Crippen molar-refractivity contribution in [2.75, 3.05) is 23.2 Å². The van der Waals surface area contributed by atoms with Gasteiger partial charge < -0.3 is 15.4 Å². The van der Waals surface area contributed by atoms with Crippen molar-refractivity contribution in [2.24, 2.45) is 0 Å². The van der Waals surface area contributed by atoms with Gasteiger partial charge in [-0.2, -0.15) is 0 Å². The number of carbonyl (C=O) groups is 2. The molecule has 0 bridgehead atoms. The highest BCUT2D eigenvalue weighted by Crippen LogP contribution is 2.20. The van der Waals surface area contributed by atoms with E-state index in [-0.39, 0.29) is 23.8 Å². The Morgan fingerprint density at radius 1 is 0.818 bits per heavy atom. The highest BCUT2D eigenvalue weighted by Gasteiger charge is 2.15. The lowest BCUT2D eigenvalue weighted by Crippen LogP contribution is -2.33. The monoisotopic (exact) mass is 467 g/mol. The minimum atomic E-state index is -3.80. The molecule has 3 N–H and O–H groups in total. The lowest BCUT2D eigenvalue weighted by atomic mass is 10.1. The van der Waals surface area contributed by atoms with Gasteiger partial charge in [0.2, 0.25) is 11.8 Å². The molecule has 172 valence electrons. The van der Waals surface area contributed by atoms with Crippen LogP contribution in [-0.2, 0) is 26.0 Å². The van der Waals surface area contributed by atoms with Crippen LogP contribution in [0.25, 0.3) is 0 Å². The molecular formula is C24H25N3O5S. The first-order valence-corrected chi connectivity index (χ1v) is 11.8. The van der Waals surface area contributed by atoms with Crippen LogP contribution in [0, 0.1) is 0 Å². The summed E-state index contributed by atoms with van der Waals surface area (Å²) in [6.45, 7) is 2.20. The Kier molecular flexibility index (Phi) is 8.04. The van der Waals surface area contributed by atoms with Crippen LogP contribution in [0.3, 0.4) is 0 Å². The number of rotatable bonds is 10. The Morgan fingerprint density at radius 3 is 2.09 bits per heavy atom. The van der Waals surface area contributed by atoms with Gasteiger partial charge in [0, 0.05) is 11.4 Å². The first kappa shape index (κ1) is 23.8. The van der Waals surface area contributed by atoms with Crippen LogP contribution >= 0.6 is 0 Å². The Balaban J connectivity index is 1.51. The van der Waals surface area contributed by atoms with E-state index >= 15 is 0 Å². The number of carbonyl (C=O) groups excluding carboxylic acids is 2. The van der Waals surface area contributed by atoms with Gasteiger partial charge in [-0.1, -0.05) is 30.3 Å². The standard InChI is InChI=1S/C24H25N3O5S/c1-2-32-21-12-8-20(9-13-21)27-33(30,31)22-14-10-19(11-15-22)26-24(29)17-25-23(28)16-18-6-4-3-5-7-18/h3-15,27H,2,16-17H2,1H3,(H,25,28)(H,26,29). The molecule has 0 aliphatic heterocycles. The molecule has 0 aliphatic carbocycles. The maximum absolute atomic E-state index is 12.6. The summed E-state index contributed by atoms with van der Waals surface area (Å²) in [5.74, 6) is -0.0329. The van der Waals surface area contributed by atoms with Gasteiger partial charge in [-0.15, -0.1) is 0 Å². The van der Waals surface area contributed by atoms with E-state index in [0.717, 1.165) is 5.56 Å². The average molecular weight is 468 g/mol. The van der Waals surface area contributed by atoms with Gasteiger partial charge in [0.25, 0.3) is 10.0 Å². The molecule has 0 unspecified atom stereocenters. The van der Waals surface area contributed by atoms with E-state index in [1.807, 2.05) is 37.3 Å². The first-order chi connectivity index (χ1) is 15.9. The molecule has 8 nitrogen and oxygen atoms in total. The Labute approximate surface area is 193 Å². The zero-order valence-electron chi connectivity index (χ0n) is 18.1. The molecule has 0 spiro atoms. The topological polar surface area (TPSA) is 114 Å². The van der Waals surface area contributed by atoms with Crippen LogP contribution in [0.2, 0.25) is 0 Å². The zero-order chi connectivity index (χ0) is 23.7. The van der Waals surface area contributed by atoms with E-state index in [1.165, 1.54) is 24.3 Å². The summed E-state index contributed by atoms with van der Waals surface area (Å²) < 4.78 is 33.0. The minimum Gasteiger partial charge on any atom is -0.494 e. The Bertz CT molecular complexity index is 1180. The fraction of sp³-hybridized carbons (Fsp3) is 0.167. The summed E-state index contributed by atoms with van der Waals surface area (Å²) in [4.78, 5) is 24.1. The maximum atomic E-state index is 12.6. The second kappa shape index (κ2) is 11.1. The molecule has 0 aromatic heterocycles. The van der Waals surface area contributed by atoms with Crippen molar-refractivity contribution in [3.05, 3.63) is 84.4 Å². The van der Waals surface area contributed by atoms with Crippen molar-refractivity contribution >= 4 is 33.2 Å². The van der Waals surface area contributed by atoms with E-state index in [1.54, 1.807) is 24.3 Å². The van der Waals surface area contributed by atoms with Crippen LogP contribution in [-0.4, -0.2) is 33.4 Å². The van der Waals surface area contributed by atoms with E-state index in [9.17, 15) is 18.0 Å². The predicted molar refractivity (Wildman–Crippen MR) is 127 cm³/mol. The van der Waals surface area contributed by atoms with Gasteiger partial charge in [-0.3, -0.25) is 14.3 Å². The third-order valence-corrected chi connectivity index (χ3v) is 5.92. The summed E-state index contributed by atoms with van der Waals surface area (Å²) in [5, 5.41) is 5.19. The van der Waals surface area contributed by atoms with Crippen LogP contribution < -0.4 is 20.1 Å². The Hall–Kier alpha value is -3.85. The van der Waals surface area contributed by atoms with Crippen LogP contribution in [0.4, 0.5) is 11.4 Å². The average Bonchev–Trinajstić information content (AvgIpc) is 2.80. The molecule has 0 heterocycles. The molecule has 0 aliphatic rings. The van der Waals surface area contributed by atoms with Crippen LogP contribution in [0.15, 0.2) is 83.8 Å². The quantitative estimate of drug-likeness (QED) is 0.424. The van der Waals surface area contributed by atoms with E-state index in [0.29, 0.717) is 23.7 Å². The molecule has 9 heteroatoms. The molecule has 0 saturated carbocycles. The highest BCUT2D eigenvalue weighted by atomic mass is 32.2. The van der Waals surface area contributed by atoms with Crippen molar-refractivity contribution in [2.45, 2.75) is 18.2 Å². The molecule has 3 rings (SSSR count). The van der Waals surface area contributed by atoms with Gasteiger partial charge in [0.15, 0.2) is 0 Å². The number of hydrogen-bond acceptors (Lipinski definition) is 5. The molecule has 0 fully saturated rings. The number of amides is 2. The molecule has 0 radical (unpaired) electrons. The summed E-state index contributed by atoms with van der Waals surface area (Å²) in [6.07, 6.45) is 0.183. The third-order valence-electron chi connectivity index (χ3n) is 4.52. The number of anilines is 2. The van der Waals surface area contributed by atoms with Crippen molar-refractivity contribution in [3.8, 4) is 5.75 Å². The molecule has 3 aromatic carbocycles. The number of ether oxygens (including phenoxy) is 1. The van der Waals surface area contributed by atoms with Crippen molar-refractivity contribution in [1.82, 2.24) is 5.32 Å². The van der Waals surface area contributed by atoms with Crippen molar-refractivity contribution < 1.29 is 22.7 Å². The fourth-order valence-corrected chi connectivity index (χ4v) is 4.00. The highest BCUT2D eigenvalue weighted by molar-refractivity contribution is 7.92. The minimum absolute atomic E-state index is 0.0468. The number of nitrogens with one attached hydrogen (secondary N) is 3. The molecule has 3 aromatic rings. The van der Waals surface area contributed by atoms with Gasteiger partial charge in [0.05, 0.1) is 24.5 Å². The summed E-state index contributed by atoms with van der Waals surface area (Å²) in [6, 6.07) is 21.5. The van der Waals surface area contributed by atoms with Gasteiger partial charge in [0.1, 0.15) is 5.75 Å². The first-order valence-electron chi connectivity index (χ1n) is 10.3. The lowest BCUT2D eigenvalue weighted by molar-refractivity contribution is -0.123.